The maximum atomic E-state index is 14.4. The first-order valence-corrected chi connectivity index (χ1v) is 32.1. The Bertz CT molecular complexity index is 3540. The van der Waals surface area contributed by atoms with Gasteiger partial charge in [-0.25, -0.2) is 9.55 Å². The number of aliphatic hydroxyl groups is 2. The highest BCUT2D eigenvalue weighted by atomic mass is 31.2. The van der Waals surface area contributed by atoms with E-state index in [1.165, 1.54) is 13.3 Å². The molecule has 0 aliphatic carbocycles. The fraction of sp³-hybridized carbons (Fsp3) is 0.629. The second-order valence-corrected chi connectivity index (χ2v) is 28.4. The van der Waals surface area contributed by atoms with Crippen molar-refractivity contribution < 1.29 is 67.0 Å². The van der Waals surface area contributed by atoms with Gasteiger partial charge in [-0.3, -0.25) is 57.6 Å². The van der Waals surface area contributed by atoms with Gasteiger partial charge < -0.3 is 69.4 Å². The van der Waals surface area contributed by atoms with Crippen molar-refractivity contribution in [1.29, 1.82) is 0 Å². The molecule has 7 amide bonds. The molecule has 90 heavy (non-hydrogen) atoms. The van der Waals surface area contributed by atoms with Gasteiger partial charge in [0.25, 0.3) is 0 Å². The van der Waals surface area contributed by atoms with E-state index in [0.717, 1.165) is 11.1 Å². The van der Waals surface area contributed by atoms with E-state index in [4.69, 9.17) is 63.2 Å². The van der Waals surface area contributed by atoms with Crippen LogP contribution in [0, 0.1) is 59.2 Å². The van der Waals surface area contributed by atoms with Crippen LogP contribution in [-0.2, 0) is 51.9 Å². The third kappa shape index (κ3) is 13.0. The molecule has 0 spiro atoms. The Labute approximate surface area is 523 Å². The number of nitrogens with two attached hydrogens (primary N) is 6. The van der Waals surface area contributed by atoms with Gasteiger partial charge in [-0.1, -0.05) is 34.6 Å². The molecule has 7 heterocycles. The third-order valence-corrected chi connectivity index (χ3v) is 21.7. The van der Waals surface area contributed by atoms with Gasteiger partial charge in [0.2, 0.25) is 41.4 Å². The Hall–Kier alpha value is -7.00. The van der Waals surface area contributed by atoms with Crippen LogP contribution in [0.15, 0.2) is 67.8 Å². The fourth-order valence-corrected chi connectivity index (χ4v) is 16.6. The molecule has 2 aromatic rings. The van der Waals surface area contributed by atoms with Gasteiger partial charge in [0, 0.05) is 131 Å². The average Bonchev–Trinajstić information content (AvgIpc) is 1.53. The minimum atomic E-state index is -5.07. The second kappa shape index (κ2) is 25.6. The number of nitrogens with one attached hydrogen (secondary N) is 2. The largest absolute Gasteiger partial charge is 0.472 e. The molecule has 1 aromatic carbocycles. The smallest absolute Gasteiger partial charge is 0.394 e. The number of hydrogen-bond donors (Lipinski definition) is 11. The molecule has 6 aliphatic heterocycles. The number of phosphoric ester groups is 1. The van der Waals surface area contributed by atoms with Crippen LogP contribution in [-0.4, -0.2) is 132 Å². The number of imidazole rings is 1. The minimum Gasteiger partial charge on any atom is -0.394 e. The summed E-state index contributed by atoms with van der Waals surface area (Å²) in [6.07, 6.45) is -4.26. The Kier molecular flexibility index (Phi) is 19.6. The molecule has 2 unspecified atom stereocenters. The van der Waals surface area contributed by atoms with Crippen molar-refractivity contribution in [3.8, 4) is 0 Å². The lowest BCUT2D eigenvalue weighted by atomic mass is 9.55. The highest BCUT2D eigenvalue weighted by Crippen LogP contribution is 2.63. The molecule has 2 saturated heterocycles. The van der Waals surface area contributed by atoms with Crippen LogP contribution in [0.2, 0.25) is 0 Å². The molecule has 17 N–H and O–H groups in total. The van der Waals surface area contributed by atoms with Crippen molar-refractivity contribution >= 4 is 77.3 Å². The monoisotopic (exact) mass is 1270 g/mol. The van der Waals surface area contributed by atoms with Gasteiger partial charge in [-0.15, -0.1) is 0 Å². The van der Waals surface area contributed by atoms with Crippen LogP contribution in [0.4, 0.5) is 0 Å². The number of nitrogens with zero attached hydrogens (tertiary/aromatic N) is 5. The van der Waals surface area contributed by atoms with E-state index in [0.29, 0.717) is 56.4 Å². The summed E-state index contributed by atoms with van der Waals surface area (Å²) in [6, 6.07) is 2.70. The summed E-state index contributed by atoms with van der Waals surface area (Å²) < 4.78 is 32.3. The number of hydrogen-bond acceptors (Lipinski definition) is 18. The number of amides is 7. The summed E-state index contributed by atoms with van der Waals surface area (Å²) in [5.41, 5.74) is 37.4. The molecular formula is C62H90N13O14P. The number of carbonyl (C=O) groups is 7. The number of primary amides is 6. The lowest BCUT2D eigenvalue weighted by Crippen LogP contribution is -2.56. The van der Waals surface area contributed by atoms with E-state index < -0.39 is 143 Å². The van der Waals surface area contributed by atoms with Gasteiger partial charge in [0.1, 0.15) is 18.3 Å². The first-order valence-electron chi connectivity index (χ1n) is 30.6. The van der Waals surface area contributed by atoms with Gasteiger partial charge >= 0.3 is 7.82 Å². The standard InChI is InChI=1S/C62H90N13O14P/c1-29-20-39-40(21-30(29)2)75(28-70-39)57-52(84)53(41(27-76)87-57)89-90(85,86)88-31(3)26-69-49(83)18-19-59(8)37(22-46(66)80)56-62(11)61(10,25-48(68)82)36(14-17-45(65)79)51(74-62)33(5)55-60(9,24-47(67)81)34(12-15-43(63)77)38(71-55)23-42-58(6,7)35(13-16-44(64)78)50(72-42)32(4)54(59)73-56/h20-21,23,28,31,34-37,41,52-53,56-57,71,76,84H,12-19,22,24-27H2,1-11H3,(H2,63,77)(H2,64,78)(H2,65,79)(H2,66,80)(H2,67,81)(H2,68,82)(H,69,83)(H,85,86)/b38-23-,50-32-,55-33?/t31-,34-,35-,36-,37+,41-,52-,53?,56+,57+,59-,60+,61+,62-/m1/s1. The number of fused-ring (bicyclic) bond motifs is 7. The number of phosphoric acid groups is 1. The Morgan fingerprint density at radius 3 is 1.99 bits per heavy atom. The Morgan fingerprint density at radius 1 is 0.800 bits per heavy atom. The number of aryl methyl sites for hydroxylation is 2. The zero-order chi connectivity index (χ0) is 66.7. The molecule has 6 aliphatic rings. The van der Waals surface area contributed by atoms with Gasteiger partial charge in [0.05, 0.1) is 41.7 Å². The molecule has 8 bridgehead atoms. The van der Waals surface area contributed by atoms with Crippen LogP contribution in [0.1, 0.15) is 150 Å². The maximum absolute atomic E-state index is 14.4. The van der Waals surface area contributed by atoms with Crippen LogP contribution in [0.5, 0.6) is 0 Å². The van der Waals surface area contributed by atoms with Gasteiger partial charge in [0.15, 0.2) is 6.23 Å². The molecule has 0 saturated carbocycles. The fourth-order valence-electron chi connectivity index (χ4n) is 15.4. The number of rotatable bonds is 26. The molecule has 2 fully saturated rings. The van der Waals surface area contributed by atoms with Crippen LogP contribution < -0.4 is 45.0 Å². The summed E-state index contributed by atoms with van der Waals surface area (Å²) in [5, 5.41) is 28.2. The number of ether oxygens (including phenoxy) is 1. The summed E-state index contributed by atoms with van der Waals surface area (Å²) >= 11 is 0. The predicted molar refractivity (Wildman–Crippen MR) is 334 cm³/mol. The summed E-state index contributed by atoms with van der Waals surface area (Å²) in [5.74, 6) is -7.18. The maximum Gasteiger partial charge on any atom is 0.472 e. The first-order chi connectivity index (χ1) is 41.8. The Morgan fingerprint density at radius 2 is 1.40 bits per heavy atom. The first kappa shape index (κ1) is 68.9. The normalized spacial score (nSPS) is 33.4. The lowest BCUT2D eigenvalue weighted by molar-refractivity contribution is -0.124. The molecular weight excluding hydrogens is 1180 g/mol. The van der Waals surface area contributed by atoms with Crippen LogP contribution in [0.25, 0.3) is 11.0 Å². The SMILES string of the molecule is CC1=C2N/C(=C\C3=NC(=C(/C)C4=N[C@@H]([C@H](CC(N)=O)[C@@]4(C)CCC(=O)NC[C@@H](C)OP(=O)(O)OC4[C@@H](O)[C@@H](n5cnc6cc(C)c(C)cc65)O[C@@H]4CO)[C@@]4(C)N=C1[C@@H](CCC(N)=O)[C@]4(C)CC(N)=O)/[C@@H](CCC(N)=O)C3(C)C)[C@@H](CCC(N)=O)[C@]2(C)CC(N)=O. The van der Waals surface area contributed by atoms with Crippen LogP contribution >= 0.6 is 7.82 Å². The molecule has 8 rings (SSSR count). The number of aromatic nitrogens is 2. The number of aliphatic imine (C=N–C) groups is 3. The number of allylic oxidation sites excluding steroid dienone is 6. The number of aliphatic hydroxyl groups excluding tert-OH is 2. The van der Waals surface area contributed by atoms with Crippen molar-refractivity contribution in [1.82, 2.24) is 20.2 Å². The third-order valence-electron chi connectivity index (χ3n) is 20.6. The van der Waals surface area contributed by atoms with Gasteiger partial charge in [-0.2, -0.15) is 0 Å². The van der Waals surface area contributed by atoms with Crippen molar-refractivity contribution in [2.75, 3.05) is 13.2 Å². The summed E-state index contributed by atoms with van der Waals surface area (Å²) in [7, 11) is -5.07. The topological polar surface area (TPSA) is 460 Å². The highest BCUT2D eigenvalue weighted by Gasteiger charge is 2.66. The zero-order valence-electron chi connectivity index (χ0n) is 53.3. The molecule has 1 aromatic heterocycles. The molecule has 0 radical (unpaired) electrons. The zero-order valence-corrected chi connectivity index (χ0v) is 54.1. The van der Waals surface area contributed by atoms with E-state index in [1.807, 2.05) is 87.4 Å². The quantitative estimate of drug-likeness (QED) is 0.0603. The van der Waals surface area contributed by atoms with E-state index in [9.17, 15) is 53.2 Å². The van der Waals surface area contributed by atoms with Crippen molar-refractivity contribution in [2.24, 2.45) is 94.7 Å². The number of carbonyl (C=O) groups excluding carboxylic acids is 7. The predicted octanol–water partition coefficient (Wildman–Crippen LogP) is 3.16. The van der Waals surface area contributed by atoms with Crippen molar-refractivity contribution in [3.05, 3.63) is 63.9 Å². The van der Waals surface area contributed by atoms with E-state index in [1.54, 1.807) is 4.57 Å². The number of benzene rings is 1. The highest BCUT2D eigenvalue weighted by molar-refractivity contribution is 7.47. The molecule has 15 atom stereocenters. The summed E-state index contributed by atoms with van der Waals surface area (Å²) in [6.45, 7) is 19.3. The second-order valence-electron chi connectivity index (χ2n) is 27.1. The minimum absolute atomic E-state index is 0.0114. The van der Waals surface area contributed by atoms with Crippen molar-refractivity contribution in [2.45, 2.75) is 189 Å². The molecule has 27 nitrogen and oxygen atoms in total. The summed E-state index contributed by atoms with van der Waals surface area (Å²) in [4.78, 5) is 126. The lowest BCUT2D eigenvalue weighted by Gasteiger charge is -2.48. The average molecular weight is 1270 g/mol. The van der Waals surface area contributed by atoms with E-state index >= 15 is 0 Å². The van der Waals surface area contributed by atoms with Crippen LogP contribution in [0.3, 0.4) is 0 Å². The molecule has 28 heteroatoms. The van der Waals surface area contributed by atoms with E-state index in [-0.39, 0.29) is 77.2 Å². The van der Waals surface area contributed by atoms with Crippen molar-refractivity contribution in [3.63, 3.8) is 0 Å². The molecule has 492 valence electrons. The van der Waals surface area contributed by atoms with E-state index in [2.05, 4.69) is 15.6 Å². The Balaban J connectivity index is 1.19. The van der Waals surface area contributed by atoms with Gasteiger partial charge in [-0.05, 0) is 108 Å².